The van der Waals surface area contributed by atoms with E-state index < -0.39 is 17.5 Å². The number of nitrogens with one attached hydrogen (secondary N) is 1. The van der Waals surface area contributed by atoms with Crippen molar-refractivity contribution in [3.8, 4) is 11.3 Å². The summed E-state index contributed by atoms with van der Waals surface area (Å²) in [6, 6.07) is 7.57. The second-order valence-corrected chi connectivity index (χ2v) is 5.87. The van der Waals surface area contributed by atoms with Crippen molar-refractivity contribution in [1.82, 2.24) is 14.4 Å². The number of hydrogen-bond donors (Lipinski definition) is 3. The number of rotatable bonds is 4. The SMILES string of the molecule is O=C(O)CCc1c(C(=O)O)nc2c(=O)[nH]c3c(n12)Cc1ccccc1-3. The van der Waals surface area contributed by atoms with Gasteiger partial charge in [-0.1, -0.05) is 24.3 Å². The molecule has 0 amide bonds. The average Bonchev–Trinajstić information content (AvgIpc) is 3.12. The number of aryl methyl sites for hydroxylation is 1. The molecule has 3 aromatic rings. The van der Waals surface area contributed by atoms with E-state index in [1.807, 2.05) is 24.3 Å². The highest BCUT2D eigenvalue weighted by atomic mass is 16.4. The minimum absolute atomic E-state index is 0.0234. The maximum absolute atomic E-state index is 12.4. The molecule has 1 aromatic carbocycles. The summed E-state index contributed by atoms with van der Waals surface area (Å²) in [5.74, 6) is -2.33. The van der Waals surface area contributed by atoms with Crippen molar-refractivity contribution in [2.75, 3.05) is 0 Å². The summed E-state index contributed by atoms with van der Waals surface area (Å²) >= 11 is 0. The Balaban J connectivity index is 2.04. The summed E-state index contributed by atoms with van der Waals surface area (Å²) < 4.78 is 1.51. The standard InChI is InChI=1S/C17H13N3O5/c21-12(22)6-5-10-14(17(24)25)18-15-16(23)19-13-9-4-2-1-3-8(9)7-11(13)20(10)15/h1-4H,5-7H2,(H,19,23)(H,21,22)(H,24,25). The van der Waals surface area contributed by atoms with Crippen LogP contribution in [0.3, 0.4) is 0 Å². The number of carboxylic acid groups (broad SMARTS) is 2. The quantitative estimate of drug-likeness (QED) is 0.515. The number of aromatic nitrogens is 3. The molecule has 1 aliphatic rings. The van der Waals surface area contributed by atoms with Crippen LogP contribution in [0.2, 0.25) is 0 Å². The molecule has 0 saturated carbocycles. The van der Waals surface area contributed by atoms with Gasteiger partial charge < -0.3 is 15.2 Å². The summed E-state index contributed by atoms with van der Waals surface area (Å²) in [6.45, 7) is 0. The monoisotopic (exact) mass is 339 g/mol. The fourth-order valence-electron chi connectivity index (χ4n) is 3.37. The molecule has 0 saturated heterocycles. The largest absolute Gasteiger partial charge is 0.481 e. The first-order valence-electron chi connectivity index (χ1n) is 7.67. The van der Waals surface area contributed by atoms with E-state index in [9.17, 15) is 19.5 Å². The minimum atomic E-state index is -1.28. The predicted molar refractivity (Wildman–Crippen MR) is 87.0 cm³/mol. The van der Waals surface area contributed by atoms with Crippen LogP contribution in [0, 0.1) is 0 Å². The Kier molecular flexibility index (Phi) is 3.21. The molecule has 0 aliphatic heterocycles. The molecule has 8 heteroatoms. The van der Waals surface area contributed by atoms with Gasteiger partial charge in [0, 0.05) is 18.4 Å². The van der Waals surface area contributed by atoms with Crippen LogP contribution in [0.15, 0.2) is 29.1 Å². The summed E-state index contributed by atoms with van der Waals surface area (Å²) in [5.41, 5.74) is 2.66. The number of aromatic carboxylic acids is 1. The van der Waals surface area contributed by atoms with Crippen molar-refractivity contribution in [1.29, 1.82) is 0 Å². The Morgan fingerprint density at radius 3 is 2.72 bits per heavy atom. The van der Waals surface area contributed by atoms with Gasteiger partial charge in [-0.2, -0.15) is 0 Å². The van der Waals surface area contributed by atoms with E-state index >= 15 is 0 Å². The number of imidazole rings is 1. The average molecular weight is 339 g/mol. The van der Waals surface area contributed by atoms with Crippen LogP contribution in [0.1, 0.15) is 33.9 Å². The molecule has 126 valence electrons. The Labute approximate surface area is 140 Å². The zero-order valence-electron chi connectivity index (χ0n) is 12.9. The summed E-state index contributed by atoms with van der Waals surface area (Å²) in [6.07, 6.45) is 0.237. The van der Waals surface area contributed by atoms with Gasteiger partial charge >= 0.3 is 11.9 Å². The highest BCUT2D eigenvalue weighted by Crippen LogP contribution is 2.35. The van der Waals surface area contributed by atoms with Gasteiger partial charge in [-0.05, 0) is 5.56 Å². The third-order valence-corrected chi connectivity index (χ3v) is 4.40. The molecule has 0 atom stereocenters. The van der Waals surface area contributed by atoms with Gasteiger partial charge in [0.1, 0.15) is 0 Å². The van der Waals surface area contributed by atoms with Crippen molar-refractivity contribution >= 4 is 17.6 Å². The first kappa shape index (κ1) is 15.1. The van der Waals surface area contributed by atoms with E-state index in [2.05, 4.69) is 9.97 Å². The summed E-state index contributed by atoms with van der Waals surface area (Å²) in [5, 5.41) is 18.4. The fourth-order valence-corrected chi connectivity index (χ4v) is 3.37. The van der Waals surface area contributed by atoms with E-state index in [4.69, 9.17) is 5.11 Å². The third kappa shape index (κ3) is 2.22. The number of hydrogen-bond acceptors (Lipinski definition) is 4. The van der Waals surface area contributed by atoms with Crippen LogP contribution in [0.5, 0.6) is 0 Å². The van der Waals surface area contributed by atoms with Crippen LogP contribution in [-0.4, -0.2) is 36.5 Å². The van der Waals surface area contributed by atoms with Crippen molar-refractivity contribution in [3.63, 3.8) is 0 Å². The Hall–Kier alpha value is -3.42. The highest BCUT2D eigenvalue weighted by molar-refractivity contribution is 5.88. The van der Waals surface area contributed by atoms with Crippen molar-refractivity contribution in [2.24, 2.45) is 0 Å². The van der Waals surface area contributed by atoms with Gasteiger partial charge in [0.15, 0.2) is 5.69 Å². The zero-order chi connectivity index (χ0) is 17.7. The molecule has 2 aromatic heterocycles. The van der Waals surface area contributed by atoms with Gasteiger partial charge in [-0.3, -0.25) is 14.0 Å². The van der Waals surface area contributed by atoms with E-state index in [0.29, 0.717) is 12.1 Å². The molecule has 0 fully saturated rings. The number of carbonyl (C=O) groups is 2. The summed E-state index contributed by atoms with van der Waals surface area (Å²) in [4.78, 5) is 41.6. The molecule has 0 bridgehead atoms. The van der Waals surface area contributed by atoms with Gasteiger partial charge in [-0.15, -0.1) is 0 Å². The Morgan fingerprint density at radius 2 is 2.00 bits per heavy atom. The first-order chi connectivity index (χ1) is 12.0. The number of aromatic amines is 1. The van der Waals surface area contributed by atoms with E-state index in [1.54, 1.807) is 0 Å². The highest BCUT2D eigenvalue weighted by Gasteiger charge is 2.28. The maximum Gasteiger partial charge on any atom is 0.356 e. The number of aliphatic carboxylic acids is 1. The van der Waals surface area contributed by atoms with Crippen LogP contribution in [0.4, 0.5) is 0 Å². The molecule has 25 heavy (non-hydrogen) atoms. The Bertz CT molecular complexity index is 1110. The smallest absolute Gasteiger partial charge is 0.356 e. The number of nitrogens with zero attached hydrogens (tertiary/aromatic N) is 2. The van der Waals surface area contributed by atoms with Crippen molar-refractivity contribution in [3.05, 3.63) is 57.3 Å². The zero-order valence-corrected chi connectivity index (χ0v) is 12.9. The first-order valence-corrected chi connectivity index (χ1v) is 7.67. The molecule has 1 aliphatic carbocycles. The minimum Gasteiger partial charge on any atom is -0.481 e. The molecular formula is C17H13N3O5. The van der Waals surface area contributed by atoms with Crippen LogP contribution in [0.25, 0.3) is 16.9 Å². The van der Waals surface area contributed by atoms with Gasteiger partial charge in [0.05, 0.1) is 23.5 Å². The van der Waals surface area contributed by atoms with Crippen LogP contribution in [-0.2, 0) is 17.6 Å². The Morgan fingerprint density at radius 1 is 1.24 bits per heavy atom. The second kappa shape index (κ2) is 5.30. The number of H-pyrrole nitrogens is 1. The third-order valence-electron chi connectivity index (χ3n) is 4.40. The van der Waals surface area contributed by atoms with Gasteiger partial charge in [0.25, 0.3) is 5.56 Å². The molecule has 8 nitrogen and oxygen atoms in total. The fraction of sp³-hybridized carbons (Fsp3) is 0.176. The van der Waals surface area contributed by atoms with Crippen LogP contribution >= 0.6 is 0 Å². The molecule has 0 unspecified atom stereocenters. The lowest BCUT2D eigenvalue weighted by molar-refractivity contribution is -0.137. The van der Waals surface area contributed by atoms with E-state index in [-0.39, 0.29) is 29.9 Å². The lowest BCUT2D eigenvalue weighted by Crippen LogP contribution is -2.15. The predicted octanol–water partition coefficient (Wildman–Crippen LogP) is 1.31. The maximum atomic E-state index is 12.4. The second-order valence-electron chi connectivity index (χ2n) is 5.87. The number of fused-ring (bicyclic) bond motifs is 5. The van der Waals surface area contributed by atoms with Crippen molar-refractivity contribution < 1.29 is 19.8 Å². The molecule has 3 N–H and O–H groups in total. The molecule has 2 heterocycles. The summed E-state index contributed by atoms with van der Waals surface area (Å²) in [7, 11) is 0. The lowest BCUT2D eigenvalue weighted by atomic mass is 10.1. The molecule has 0 spiro atoms. The van der Waals surface area contributed by atoms with Crippen LogP contribution < -0.4 is 5.56 Å². The van der Waals surface area contributed by atoms with Gasteiger partial charge in [-0.25, -0.2) is 9.78 Å². The molecule has 0 radical (unpaired) electrons. The molecule has 4 rings (SSSR count). The topological polar surface area (TPSA) is 125 Å². The molecular weight excluding hydrogens is 326 g/mol. The van der Waals surface area contributed by atoms with Crippen molar-refractivity contribution in [2.45, 2.75) is 19.3 Å². The number of carboxylic acids is 2. The normalized spacial score (nSPS) is 12.2. The lowest BCUT2D eigenvalue weighted by Gasteiger charge is -2.07. The number of benzene rings is 1. The van der Waals surface area contributed by atoms with Gasteiger partial charge in [0.2, 0.25) is 5.65 Å². The van der Waals surface area contributed by atoms with E-state index in [1.165, 1.54) is 4.40 Å². The van der Waals surface area contributed by atoms with E-state index in [0.717, 1.165) is 16.8 Å².